The fraction of sp³-hybridized carbons (Fsp3) is 0.267. The lowest BCUT2D eigenvalue weighted by Gasteiger charge is -2.32. The Morgan fingerprint density at radius 3 is 2.54 bits per heavy atom. The van der Waals surface area contributed by atoms with Gasteiger partial charge in [-0.3, -0.25) is 4.57 Å². The average Bonchev–Trinajstić information content (AvgIpc) is 3.35. The maximum absolute atomic E-state index is 12.3. The zero-order valence-corrected chi connectivity index (χ0v) is 21.9. The predicted molar refractivity (Wildman–Crippen MR) is 153 cm³/mol. The highest BCUT2D eigenvalue weighted by Crippen LogP contribution is 2.34. The molecule has 5 aromatic rings. The number of aromatic nitrogens is 4. The molecule has 1 aliphatic heterocycles. The van der Waals surface area contributed by atoms with Gasteiger partial charge < -0.3 is 20.3 Å². The molecular formula is C30H31N7O2. The number of nitrogens with zero attached hydrogens (tertiary/aromatic N) is 5. The summed E-state index contributed by atoms with van der Waals surface area (Å²) in [7, 11) is 0. The fourth-order valence-electron chi connectivity index (χ4n) is 5.17. The number of rotatable bonds is 7. The third-order valence-corrected chi connectivity index (χ3v) is 7.14. The largest absolute Gasteiger partial charge is 0.450 e. The van der Waals surface area contributed by atoms with Gasteiger partial charge in [-0.1, -0.05) is 60.7 Å². The van der Waals surface area contributed by atoms with Gasteiger partial charge in [0.15, 0.2) is 17.0 Å². The van der Waals surface area contributed by atoms with Crippen LogP contribution < -0.4 is 10.6 Å². The SMILES string of the molecule is CCOC(=O)N1CCC(n2c(Nc3ccc4ccccc4c3)nc3c(NCc4ccccc4)ncnc32)CC1. The van der Waals surface area contributed by atoms with Crippen LogP contribution in [0.4, 0.5) is 22.2 Å². The lowest BCUT2D eigenvalue weighted by Crippen LogP contribution is -2.39. The first-order valence-corrected chi connectivity index (χ1v) is 13.4. The molecule has 198 valence electrons. The van der Waals surface area contributed by atoms with Crippen LogP contribution in [0.1, 0.15) is 31.4 Å². The second kappa shape index (κ2) is 11.0. The summed E-state index contributed by atoms with van der Waals surface area (Å²) in [6, 6.07) is 24.9. The zero-order chi connectivity index (χ0) is 26.6. The van der Waals surface area contributed by atoms with Crippen molar-refractivity contribution in [2.24, 2.45) is 0 Å². The molecule has 2 N–H and O–H groups in total. The number of benzene rings is 3. The number of ether oxygens (including phenoxy) is 1. The minimum atomic E-state index is -0.254. The summed E-state index contributed by atoms with van der Waals surface area (Å²) in [5.74, 6) is 1.39. The number of piperidine rings is 1. The molecule has 0 saturated carbocycles. The van der Waals surface area contributed by atoms with Crippen molar-refractivity contribution < 1.29 is 9.53 Å². The van der Waals surface area contributed by atoms with E-state index >= 15 is 0 Å². The molecule has 0 spiro atoms. The number of imidazole rings is 1. The number of carbonyl (C=O) groups excluding carboxylic acids is 1. The second-order valence-corrected chi connectivity index (χ2v) is 9.64. The van der Waals surface area contributed by atoms with Gasteiger partial charge in [-0.25, -0.2) is 19.7 Å². The first kappa shape index (κ1) is 24.7. The van der Waals surface area contributed by atoms with Crippen molar-refractivity contribution in [3.63, 3.8) is 0 Å². The van der Waals surface area contributed by atoms with Crippen molar-refractivity contribution in [3.8, 4) is 0 Å². The minimum absolute atomic E-state index is 0.112. The van der Waals surface area contributed by atoms with Crippen molar-refractivity contribution in [2.45, 2.75) is 32.4 Å². The zero-order valence-electron chi connectivity index (χ0n) is 21.9. The van der Waals surface area contributed by atoms with Gasteiger partial charge in [-0.2, -0.15) is 0 Å². The summed E-state index contributed by atoms with van der Waals surface area (Å²) in [4.78, 5) is 28.3. The summed E-state index contributed by atoms with van der Waals surface area (Å²) >= 11 is 0. The molecule has 1 aliphatic rings. The first-order chi connectivity index (χ1) is 19.2. The Kier molecular flexibility index (Phi) is 6.95. The first-order valence-electron chi connectivity index (χ1n) is 13.4. The van der Waals surface area contributed by atoms with Crippen molar-refractivity contribution in [3.05, 3.63) is 84.7 Å². The van der Waals surface area contributed by atoms with Crippen molar-refractivity contribution in [1.29, 1.82) is 0 Å². The minimum Gasteiger partial charge on any atom is -0.450 e. The normalized spacial score (nSPS) is 14.0. The van der Waals surface area contributed by atoms with E-state index in [0.29, 0.717) is 43.5 Å². The fourth-order valence-corrected chi connectivity index (χ4v) is 5.17. The van der Waals surface area contributed by atoms with E-state index in [1.165, 1.54) is 5.39 Å². The molecular weight excluding hydrogens is 490 g/mol. The summed E-state index contributed by atoms with van der Waals surface area (Å²) in [6.45, 7) is 4.06. The number of likely N-dealkylation sites (tertiary alicyclic amines) is 1. The molecule has 1 amide bonds. The second-order valence-electron chi connectivity index (χ2n) is 9.64. The highest BCUT2D eigenvalue weighted by atomic mass is 16.6. The third-order valence-electron chi connectivity index (χ3n) is 7.14. The van der Waals surface area contributed by atoms with E-state index < -0.39 is 0 Å². The van der Waals surface area contributed by atoms with Crippen molar-refractivity contribution >= 4 is 45.5 Å². The van der Waals surface area contributed by atoms with Gasteiger partial charge in [-0.15, -0.1) is 0 Å². The van der Waals surface area contributed by atoms with E-state index in [0.717, 1.165) is 35.1 Å². The monoisotopic (exact) mass is 521 g/mol. The van der Waals surface area contributed by atoms with Gasteiger partial charge in [-0.05, 0) is 48.2 Å². The van der Waals surface area contributed by atoms with Crippen LogP contribution in [0.25, 0.3) is 21.9 Å². The summed E-state index contributed by atoms with van der Waals surface area (Å²) < 4.78 is 7.39. The summed E-state index contributed by atoms with van der Waals surface area (Å²) in [5.41, 5.74) is 3.58. The Hall–Kier alpha value is -4.66. The predicted octanol–water partition coefficient (Wildman–Crippen LogP) is 6.13. The molecule has 2 aromatic heterocycles. The molecule has 3 aromatic carbocycles. The average molecular weight is 522 g/mol. The van der Waals surface area contributed by atoms with E-state index in [-0.39, 0.29) is 12.1 Å². The van der Waals surface area contributed by atoms with Crippen LogP contribution in [0, 0.1) is 0 Å². The Morgan fingerprint density at radius 1 is 0.974 bits per heavy atom. The number of hydrogen-bond acceptors (Lipinski definition) is 7. The van der Waals surface area contributed by atoms with Crippen LogP contribution in [0.15, 0.2) is 79.1 Å². The van der Waals surface area contributed by atoms with Gasteiger partial charge in [0.2, 0.25) is 5.95 Å². The Balaban J connectivity index is 1.35. The molecule has 1 saturated heterocycles. The maximum Gasteiger partial charge on any atom is 0.409 e. The van der Waals surface area contributed by atoms with E-state index in [9.17, 15) is 4.79 Å². The number of hydrogen-bond donors (Lipinski definition) is 2. The molecule has 0 bridgehead atoms. The number of nitrogens with one attached hydrogen (secondary N) is 2. The molecule has 9 nitrogen and oxygen atoms in total. The number of amides is 1. The van der Waals surface area contributed by atoms with Crippen LogP contribution in [-0.2, 0) is 11.3 Å². The third kappa shape index (κ3) is 5.20. The van der Waals surface area contributed by atoms with E-state index in [2.05, 4.69) is 67.6 Å². The molecule has 39 heavy (non-hydrogen) atoms. The topological polar surface area (TPSA) is 97.2 Å². The smallest absolute Gasteiger partial charge is 0.409 e. The molecule has 0 atom stereocenters. The lowest BCUT2D eigenvalue weighted by atomic mass is 10.1. The Bertz CT molecular complexity index is 1590. The number of anilines is 3. The highest BCUT2D eigenvalue weighted by molar-refractivity contribution is 5.88. The number of fused-ring (bicyclic) bond motifs is 2. The molecule has 6 rings (SSSR count). The molecule has 9 heteroatoms. The maximum atomic E-state index is 12.3. The van der Waals surface area contributed by atoms with Crippen LogP contribution in [0.5, 0.6) is 0 Å². The van der Waals surface area contributed by atoms with E-state index in [1.807, 2.05) is 37.3 Å². The Morgan fingerprint density at radius 2 is 1.74 bits per heavy atom. The molecule has 1 fully saturated rings. The van der Waals surface area contributed by atoms with Gasteiger partial charge in [0, 0.05) is 31.4 Å². The van der Waals surface area contributed by atoms with Crippen molar-refractivity contribution in [2.75, 3.05) is 30.3 Å². The van der Waals surface area contributed by atoms with Crippen LogP contribution in [0.3, 0.4) is 0 Å². The van der Waals surface area contributed by atoms with Crippen LogP contribution >= 0.6 is 0 Å². The molecule has 0 aliphatic carbocycles. The number of carbonyl (C=O) groups is 1. The standard InChI is InChI=1S/C30H31N7O2/c1-2-39-30(38)36-16-14-25(15-17-36)37-28-26(27(32-20-33-28)31-19-21-8-4-3-5-9-21)35-29(37)34-24-13-12-22-10-6-7-11-23(22)18-24/h3-13,18,20,25H,2,14-17,19H2,1H3,(H,34,35)(H,31,32,33). The molecule has 0 radical (unpaired) electrons. The summed E-state index contributed by atoms with van der Waals surface area (Å²) in [5, 5.41) is 9.34. The van der Waals surface area contributed by atoms with E-state index in [1.54, 1.807) is 11.2 Å². The van der Waals surface area contributed by atoms with Crippen molar-refractivity contribution in [1.82, 2.24) is 24.4 Å². The van der Waals surface area contributed by atoms with Gasteiger partial charge in [0.1, 0.15) is 6.33 Å². The highest BCUT2D eigenvalue weighted by Gasteiger charge is 2.29. The van der Waals surface area contributed by atoms with Gasteiger partial charge in [0.25, 0.3) is 0 Å². The van der Waals surface area contributed by atoms with Gasteiger partial charge in [0.05, 0.1) is 6.61 Å². The van der Waals surface area contributed by atoms with E-state index in [4.69, 9.17) is 9.72 Å². The van der Waals surface area contributed by atoms with Crippen LogP contribution in [0.2, 0.25) is 0 Å². The summed E-state index contributed by atoms with van der Waals surface area (Å²) in [6.07, 6.45) is 2.87. The lowest BCUT2D eigenvalue weighted by molar-refractivity contribution is 0.0931. The molecule has 0 unspecified atom stereocenters. The van der Waals surface area contributed by atoms with Gasteiger partial charge >= 0.3 is 6.09 Å². The quantitative estimate of drug-likeness (QED) is 0.266. The Labute approximate surface area is 226 Å². The molecule has 3 heterocycles. The van der Waals surface area contributed by atoms with Crippen LogP contribution in [-0.4, -0.2) is 50.2 Å².